The van der Waals surface area contributed by atoms with E-state index < -0.39 is 5.91 Å². The lowest BCUT2D eigenvalue weighted by atomic mass is 10.2. The van der Waals surface area contributed by atoms with E-state index in [9.17, 15) is 10.1 Å². The highest BCUT2D eigenvalue weighted by Gasteiger charge is 2.16. The molecule has 1 heterocycles. The molecule has 1 fully saturated rings. The van der Waals surface area contributed by atoms with Crippen molar-refractivity contribution >= 4 is 11.6 Å². The van der Waals surface area contributed by atoms with E-state index in [1.807, 2.05) is 17.0 Å². The number of carbonyl (C=O) groups excluding carboxylic acids is 1. The van der Waals surface area contributed by atoms with Crippen LogP contribution in [0.5, 0.6) is 5.75 Å². The number of nitrogens with one attached hydrogen (secondary N) is 1. The number of methoxy groups -OCH3 is 1. The Morgan fingerprint density at radius 3 is 2.64 bits per heavy atom. The van der Waals surface area contributed by atoms with Gasteiger partial charge in [0.05, 0.1) is 12.8 Å². The summed E-state index contributed by atoms with van der Waals surface area (Å²) in [5.41, 5.74) is 0.644. The van der Waals surface area contributed by atoms with Gasteiger partial charge in [0.2, 0.25) is 0 Å². The quantitative estimate of drug-likeness (QED) is 0.670. The first-order valence-electron chi connectivity index (χ1n) is 7.13. The zero-order valence-corrected chi connectivity index (χ0v) is 12.9. The van der Waals surface area contributed by atoms with Crippen LogP contribution in [0.4, 0.5) is 5.69 Å². The molecule has 6 heteroatoms. The summed E-state index contributed by atoms with van der Waals surface area (Å²) in [6, 6.07) is 9.08. The van der Waals surface area contributed by atoms with Crippen LogP contribution in [-0.2, 0) is 4.79 Å². The molecule has 1 saturated heterocycles. The second kappa shape index (κ2) is 7.48. The molecule has 116 valence electrons. The van der Waals surface area contributed by atoms with Crippen LogP contribution in [-0.4, -0.2) is 56.0 Å². The van der Waals surface area contributed by atoms with Crippen LogP contribution in [0, 0.1) is 11.3 Å². The third kappa shape index (κ3) is 3.99. The minimum atomic E-state index is -0.425. The molecule has 0 spiro atoms. The smallest absolute Gasteiger partial charge is 0.267 e. The predicted octanol–water partition coefficient (Wildman–Crippen LogP) is 1.29. The van der Waals surface area contributed by atoms with Crippen molar-refractivity contribution in [3.8, 4) is 11.8 Å². The maximum Gasteiger partial charge on any atom is 0.267 e. The molecule has 1 amide bonds. The topological polar surface area (TPSA) is 68.6 Å². The molecule has 0 unspecified atom stereocenters. The lowest BCUT2D eigenvalue weighted by Gasteiger charge is -2.31. The number of nitrogens with zero attached hydrogens (tertiary/aromatic N) is 3. The van der Waals surface area contributed by atoms with Crippen LogP contribution in [0.2, 0.25) is 0 Å². The Labute approximate surface area is 130 Å². The molecule has 6 nitrogen and oxygen atoms in total. The molecule has 1 aromatic carbocycles. The van der Waals surface area contributed by atoms with Gasteiger partial charge in [-0.1, -0.05) is 12.1 Å². The number of nitriles is 1. The maximum atomic E-state index is 12.3. The largest absolute Gasteiger partial charge is 0.495 e. The van der Waals surface area contributed by atoms with Crippen molar-refractivity contribution in [1.29, 1.82) is 5.26 Å². The van der Waals surface area contributed by atoms with Gasteiger partial charge < -0.3 is 19.9 Å². The molecule has 0 saturated carbocycles. The third-order valence-corrected chi connectivity index (χ3v) is 3.57. The minimum absolute atomic E-state index is 0.0930. The average Bonchev–Trinajstić information content (AvgIpc) is 2.54. The van der Waals surface area contributed by atoms with Crippen molar-refractivity contribution in [2.75, 3.05) is 45.7 Å². The predicted molar refractivity (Wildman–Crippen MR) is 84.4 cm³/mol. The van der Waals surface area contributed by atoms with Gasteiger partial charge in [-0.15, -0.1) is 0 Å². The van der Waals surface area contributed by atoms with Gasteiger partial charge in [-0.25, -0.2) is 0 Å². The van der Waals surface area contributed by atoms with Gasteiger partial charge >= 0.3 is 0 Å². The zero-order valence-electron chi connectivity index (χ0n) is 12.9. The highest BCUT2D eigenvalue weighted by molar-refractivity contribution is 6.07. The van der Waals surface area contributed by atoms with Gasteiger partial charge in [-0.2, -0.15) is 5.26 Å². The Bertz CT molecular complexity index is 598. The van der Waals surface area contributed by atoms with Gasteiger partial charge in [0.1, 0.15) is 17.4 Å². The van der Waals surface area contributed by atoms with Crippen LogP contribution in [0.25, 0.3) is 0 Å². The molecule has 1 N–H and O–H groups in total. The molecule has 1 aromatic rings. The average molecular weight is 300 g/mol. The summed E-state index contributed by atoms with van der Waals surface area (Å²) in [6.45, 7) is 3.46. The molecule has 2 rings (SSSR count). The van der Waals surface area contributed by atoms with Crippen molar-refractivity contribution < 1.29 is 9.53 Å². The SMILES string of the molecule is COc1ccccc1NC(=O)/C(C#N)=C\N1CCN(C)CC1. The van der Waals surface area contributed by atoms with E-state index in [2.05, 4.69) is 17.3 Å². The van der Waals surface area contributed by atoms with E-state index in [-0.39, 0.29) is 5.57 Å². The van der Waals surface area contributed by atoms with E-state index in [1.54, 1.807) is 24.4 Å². The van der Waals surface area contributed by atoms with Gasteiger partial charge in [0.25, 0.3) is 5.91 Å². The standard InChI is InChI=1S/C16H20N4O2/c1-19-7-9-20(10-8-19)12-13(11-17)16(21)18-14-5-3-4-6-15(14)22-2/h3-6,12H,7-10H2,1-2H3,(H,18,21)/b13-12-. The number of likely N-dealkylation sites (N-methyl/N-ethyl adjacent to an activating group) is 1. The molecule has 1 aliphatic rings. The van der Waals surface area contributed by atoms with Crippen LogP contribution in [0.15, 0.2) is 36.0 Å². The van der Waals surface area contributed by atoms with Crippen molar-refractivity contribution in [2.45, 2.75) is 0 Å². The summed E-state index contributed by atoms with van der Waals surface area (Å²) in [5, 5.41) is 12.0. The maximum absolute atomic E-state index is 12.3. The molecule has 0 aliphatic carbocycles. The summed E-state index contributed by atoms with van der Waals surface area (Å²) < 4.78 is 5.19. The van der Waals surface area contributed by atoms with Gasteiger partial charge in [-0.05, 0) is 19.2 Å². The summed E-state index contributed by atoms with van der Waals surface area (Å²) in [4.78, 5) is 16.5. The minimum Gasteiger partial charge on any atom is -0.495 e. The summed E-state index contributed by atoms with van der Waals surface area (Å²) in [7, 11) is 3.59. The van der Waals surface area contributed by atoms with Crippen molar-refractivity contribution in [3.63, 3.8) is 0 Å². The van der Waals surface area contributed by atoms with Crippen LogP contribution < -0.4 is 10.1 Å². The molecule has 1 aliphatic heterocycles. The second-order valence-corrected chi connectivity index (χ2v) is 5.15. The summed E-state index contributed by atoms with van der Waals surface area (Å²) >= 11 is 0. The summed E-state index contributed by atoms with van der Waals surface area (Å²) in [5.74, 6) is 0.138. The highest BCUT2D eigenvalue weighted by Crippen LogP contribution is 2.23. The van der Waals surface area contributed by atoms with Crippen molar-refractivity contribution in [2.24, 2.45) is 0 Å². The normalized spacial score (nSPS) is 16.0. The second-order valence-electron chi connectivity index (χ2n) is 5.15. The van der Waals surface area contributed by atoms with E-state index in [0.29, 0.717) is 11.4 Å². The molecule has 0 radical (unpaired) electrons. The fraction of sp³-hybridized carbons (Fsp3) is 0.375. The lowest BCUT2D eigenvalue weighted by Crippen LogP contribution is -2.42. The number of hydrogen-bond acceptors (Lipinski definition) is 5. The number of benzene rings is 1. The van der Waals surface area contributed by atoms with Crippen molar-refractivity contribution in [1.82, 2.24) is 9.80 Å². The Hall–Kier alpha value is -2.52. The Balaban J connectivity index is 2.07. The molecule has 0 aromatic heterocycles. The first kappa shape index (κ1) is 15.9. The van der Waals surface area contributed by atoms with Crippen LogP contribution >= 0.6 is 0 Å². The number of rotatable bonds is 4. The van der Waals surface area contributed by atoms with Gasteiger partial charge in [-0.3, -0.25) is 4.79 Å². The molecule has 0 bridgehead atoms. The summed E-state index contributed by atoms with van der Waals surface area (Å²) in [6.07, 6.45) is 1.64. The Kier molecular flexibility index (Phi) is 5.39. The van der Waals surface area contributed by atoms with Crippen molar-refractivity contribution in [3.05, 3.63) is 36.0 Å². The molecular weight excluding hydrogens is 280 g/mol. The number of carbonyl (C=O) groups is 1. The van der Waals surface area contributed by atoms with E-state index >= 15 is 0 Å². The molecule has 0 atom stereocenters. The Morgan fingerprint density at radius 2 is 2.00 bits per heavy atom. The lowest BCUT2D eigenvalue weighted by molar-refractivity contribution is -0.112. The number of hydrogen-bond donors (Lipinski definition) is 1. The number of anilines is 1. The Morgan fingerprint density at radius 1 is 1.32 bits per heavy atom. The van der Waals surface area contributed by atoms with Crippen LogP contribution in [0.3, 0.4) is 0 Å². The first-order chi connectivity index (χ1) is 10.6. The number of amides is 1. The van der Waals surface area contributed by atoms with E-state index in [0.717, 1.165) is 26.2 Å². The van der Waals surface area contributed by atoms with E-state index in [4.69, 9.17) is 4.74 Å². The highest BCUT2D eigenvalue weighted by atomic mass is 16.5. The van der Waals surface area contributed by atoms with Crippen LogP contribution in [0.1, 0.15) is 0 Å². The number of para-hydroxylation sites is 2. The van der Waals surface area contributed by atoms with E-state index in [1.165, 1.54) is 7.11 Å². The number of piperazine rings is 1. The van der Waals surface area contributed by atoms with Gasteiger partial charge in [0, 0.05) is 32.4 Å². The third-order valence-electron chi connectivity index (χ3n) is 3.57. The monoisotopic (exact) mass is 300 g/mol. The first-order valence-corrected chi connectivity index (χ1v) is 7.13. The van der Waals surface area contributed by atoms with Gasteiger partial charge in [0.15, 0.2) is 0 Å². The molecule has 22 heavy (non-hydrogen) atoms. The number of ether oxygens (including phenoxy) is 1. The fourth-order valence-corrected chi connectivity index (χ4v) is 2.21. The fourth-order valence-electron chi connectivity index (χ4n) is 2.21. The zero-order chi connectivity index (χ0) is 15.9. The molecular formula is C16H20N4O2.